The summed E-state index contributed by atoms with van der Waals surface area (Å²) in [6, 6.07) is 15.2. The van der Waals surface area contributed by atoms with Crippen LogP contribution in [0, 0.1) is 23.7 Å². The fraction of sp³-hybridized carbons (Fsp3) is 0.604. The van der Waals surface area contributed by atoms with Gasteiger partial charge in [0.2, 0.25) is 23.6 Å². The summed E-state index contributed by atoms with van der Waals surface area (Å²) < 4.78 is 12.2. The van der Waals surface area contributed by atoms with Gasteiger partial charge in [0, 0.05) is 51.6 Å². The molecule has 3 aromatic rings. The van der Waals surface area contributed by atoms with Crippen LogP contribution in [0.2, 0.25) is 0 Å². The van der Waals surface area contributed by atoms with Crippen LogP contribution in [-0.2, 0) is 41.6 Å². The number of nitrogens with zero attached hydrogens (tertiary/aromatic N) is 4. The Morgan fingerprint density at radius 1 is 0.903 bits per heavy atom. The molecule has 1 aromatic heterocycles. The highest BCUT2D eigenvalue weighted by atomic mass is 32.1. The van der Waals surface area contributed by atoms with E-state index in [0.29, 0.717) is 31.6 Å². The summed E-state index contributed by atoms with van der Waals surface area (Å²) in [5, 5.41) is 9.10. The molecule has 1 aliphatic heterocycles. The lowest BCUT2D eigenvalue weighted by Crippen LogP contribution is -2.60. The van der Waals surface area contributed by atoms with Crippen molar-refractivity contribution in [2.24, 2.45) is 23.7 Å². The van der Waals surface area contributed by atoms with Gasteiger partial charge in [-0.15, -0.1) is 11.3 Å². The predicted octanol–water partition coefficient (Wildman–Crippen LogP) is 6.34. The molecule has 1 fully saturated rings. The zero-order chi connectivity index (χ0) is 45.7. The first-order valence-corrected chi connectivity index (χ1v) is 23.1. The third-order valence-electron chi connectivity index (χ3n) is 12.6. The molecule has 4 N–H and O–H groups in total. The van der Waals surface area contributed by atoms with E-state index in [1.54, 1.807) is 32.4 Å². The van der Waals surface area contributed by atoms with E-state index in [9.17, 15) is 19.2 Å². The summed E-state index contributed by atoms with van der Waals surface area (Å²) in [5.74, 6) is -1.59. The van der Waals surface area contributed by atoms with Crippen molar-refractivity contribution in [2.45, 2.75) is 130 Å². The van der Waals surface area contributed by atoms with Crippen LogP contribution in [0.1, 0.15) is 96.3 Å². The molecule has 2 heterocycles. The summed E-state index contributed by atoms with van der Waals surface area (Å²) in [5.41, 5.74) is 8.70. The molecule has 0 radical (unpaired) electrons. The number of ether oxygens (including phenoxy) is 2. The van der Waals surface area contributed by atoms with Gasteiger partial charge >= 0.3 is 0 Å². The highest BCUT2D eigenvalue weighted by molar-refractivity contribution is 7.09. The van der Waals surface area contributed by atoms with Crippen molar-refractivity contribution in [3.63, 3.8) is 0 Å². The number of nitrogen functional groups attached to an aromatic ring is 1. The number of nitrogens with two attached hydrogens (primary N) is 1. The lowest BCUT2D eigenvalue weighted by Gasteiger charge is -2.41. The van der Waals surface area contributed by atoms with Gasteiger partial charge < -0.3 is 35.6 Å². The van der Waals surface area contributed by atoms with Crippen LogP contribution in [0.3, 0.4) is 0 Å². The number of benzene rings is 2. The summed E-state index contributed by atoms with van der Waals surface area (Å²) in [6.07, 6.45) is 3.38. The van der Waals surface area contributed by atoms with Gasteiger partial charge in [0.05, 0.1) is 48.7 Å². The molecule has 13 nitrogen and oxygen atoms in total. The minimum Gasteiger partial charge on any atom is -0.399 e. The van der Waals surface area contributed by atoms with Crippen LogP contribution in [0.5, 0.6) is 0 Å². The van der Waals surface area contributed by atoms with Crippen molar-refractivity contribution in [1.29, 1.82) is 0 Å². The number of aromatic nitrogens is 1. The molecule has 62 heavy (non-hydrogen) atoms. The minimum atomic E-state index is -0.806. The Balaban J connectivity index is 1.48. The van der Waals surface area contributed by atoms with Crippen LogP contribution in [0.15, 0.2) is 66.2 Å². The fourth-order valence-electron chi connectivity index (χ4n) is 9.06. The molecule has 1 saturated heterocycles. The summed E-state index contributed by atoms with van der Waals surface area (Å²) in [7, 11) is 6.85. The molecule has 1 aliphatic rings. The van der Waals surface area contributed by atoms with Gasteiger partial charge in [0.15, 0.2) is 0 Å². The van der Waals surface area contributed by atoms with E-state index in [-0.39, 0.29) is 59.9 Å². The predicted molar refractivity (Wildman–Crippen MR) is 247 cm³/mol. The van der Waals surface area contributed by atoms with Gasteiger partial charge in [-0.25, -0.2) is 4.98 Å². The SMILES string of the molecule is CC[C@H](C)C([C@@H](CC(=O)N1CCC[C@H]1[C@H](OC)[C@@H](C)C(=O)N[C@@H](Cc1ccccc1)c1nccs1)OC)N(C)C(=O)[C@@H](NC(=O)C(C(C)C)N(C)Cc1ccc(N)cc1)C(C)C. The van der Waals surface area contributed by atoms with Crippen molar-refractivity contribution in [3.05, 3.63) is 82.3 Å². The van der Waals surface area contributed by atoms with Crippen LogP contribution in [-0.4, -0.2) is 115 Å². The third-order valence-corrected chi connectivity index (χ3v) is 13.5. The summed E-state index contributed by atoms with van der Waals surface area (Å²) in [4.78, 5) is 67.1. The average molecular weight is 876 g/mol. The molecule has 2 aromatic carbocycles. The van der Waals surface area contributed by atoms with Gasteiger partial charge in [-0.1, -0.05) is 97.4 Å². The Bertz CT molecular complexity index is 1850. The zero-order valence-electron chi connectivity index (χ0n) is 38.9. The number of amides is 4. The van der Waals surface area contributed by atoms with Crippen molar-refractivity contribution in [2.75, 3.05) is 40.6 Å². The molecule has 0 aliphatic carbocycles. The number of hydrogen-bond acceptors (Lipinski definition) is 10. The lowest BCUT2D eigenvalue weighted by molar-refractivity contribution is -0.148. The first-order valence-electron chi connectivity index (χ1n) is 22.2. The Hall–Kier alpha value is -4.37. The van der Waals surface area contributed by atoms with E-state index >= 15 is 0 Å². The Morgan fingerprint density at radius 2 is 1.58 bits per heavy atom. The fourth-order valence-corrected chi connectivity index (χ4v) is 9.75. The van der Waals surface area contributed by atoms with Crippen LogP contribution in [0.4, 0.5) is 5.69 Å². The number of methoxy groups -OCH3 is 2. The average Bonchev–Trinajstić information content (AvgIpc) is 3.97. The maximum atomic E-state index is 14.6. The monoisotopic (exact) mass is 876 g/mol. The number of nitrogens with one attached hydrogen (secondary N) is 2. The van der Waals surface area contributed by atoms with E-state index in [1.165, 1.54) is 11.3 Å². The van der Waals surface area contributed by atoms with E-state index in [2.05, 4.69) is 29.5 Å². The van der Waals surface area contributed by atoms with E-state index in [4.69, 9.17) is 15.2 Å². The molecule has 4 rings (SSSR count). The molecule has 0 saturated carbocycles. The molecule has 0 spiro atoms. The van der Waals surface area contributed by atoms with Crippen LogP contribution in [0.25, 0.3) is 0 Å². The Kier molecular flexibility index (Phi) is 19.4. The number of likely N-dealkylation sites (N-methyl/N-ethyl adjacent to an activating group) is 2. The highest BCUT2D eigenvalue weighted by Gasteiger charge is 2.43. The minimum absolute atomic E-state index is 0.0316. The third kappa shape index (κ3) is 13.1. The standard InChI is InChI=1S/C48H73N7O6S/c1-12-32(6)43(54(9)48(59)41(30(2)3)52-46(58)42(31(4)5)53(8)29-35-20-22-36(49)23-21-35)39(60-10)28-40(56)55-25-16-19-38(55)44(61-11)33(7)45(57)51-37(47-50-24-26-62-47)27-34-17-14-13-15-18-34/h13-15,17-18,20-24,26,30-33,37-39,41-44H,12,16,19,25,27-29,49H2,1-11H3,(H,51,57)(H,52,58)/t32-,33+,37-,38-,39+,41-,42?,43?,44+/m0/s1. The highest BCUT2D eigenvalue weighted by Crippen LogP contribution is 2.31. The molecule has 0 bridgehead atoms. The van der Waals surface area contributed by atoms with Crippen LogP contribution >= 0.6 is 11.3 Å². The van der Waals surface area contributed by atoms with Gasteiger partial charge in [0.1, 0.15) is 11.0 Å². The Labute approximate surface area is 374 Å². The largest absolute Gasteiger partial charge is 0.399 e. The number of carbonyl (C=O) groups excluding carboxylic acids is 4. The number of carbonyl (C=O) groups is 4. The number of likely N-dealkylation sites (tertiary alicyclic amines) is 1. The van der Waals surface area contributed by atoms with Crippen molar-refractivity contribution >= 4 is 40.7 Å². The number of anilines is 1. The van der Waals surface area contributed by atoms with E-state index < -0.39 is 36.3 Å². The quantitative estimate of drug-likeness (QED) is 0.0925. The second-order valence-corrected chi connectivity index (χ2v) is 18.7. The van der Waals surface area contributed by atoms with Crippen molar-refractivity contribution < 1.29 is 28.7 Å². The van der Waals surface area contributed by atoms with Crippen LogP contribution < -0.4 is 16.4 Å². The van der Waals surface area contributed by atoms with E-state index in [0.717, 1.165) is 29.0 Å². The summed E-state index contributed by atoms with van der Waals surface area (Å²) in [6.45, 7) is 14.9. The second kappa shape index (κ2) is 23.9. The maximum Gasteiger partial charge on any atom is 0.245 e. The van der Waals surface area contributed by atoms with Gasteiger partial charge in [-0.3, -0.25) is 24.1 Å². The molecular formula is C48H73N7O6S. The summed E-state index contributed by atoms with van der Waals surface area (Å²) >= 11 is 1.50. The first kappa shape index (κ1) is 50.3. The first-order chi connectivity index (χ1) is 29.5. The van der Waals surface area contributed by atoms with Gasteiger partial charge in [-0.05, 0) is 67.3 Å². The number of hydrogen-bond donors (Lipinski definition) is 3. The zero-order valence-corrected chi connectivity index (χ0v) is 39.7. The van der Waals surface area contributed by atoms with Crippen molar-refractivity contribution in [1.82, 2.24) is 30.3 Å². The molecule has 2 unspecified atom stereocenters. The number of rotatable bonds is 23. The maximum absolute atomic E-state index is 14.6. The molecule has 9 atom stereocenters. The molecule has 342 valence electrons. The second-order valence-electron chi connectivity index (χ2n) is 17.8. The van der Waals surface area contributed by atoms with Gasteiger partial charge in [0.25, 0.3) is 0 Å². The molecular weight excluding hydrogens is 803 g/mol. The smallest absolute Gasteiger partial charge is 0.245 e. The van der Waals surface area contributed by atoms with E-state index in [1.807, 2.05) is 111 Å². The van der Waals surface area contributed by atoms with Crippen molar-refractivity contribution in [3.8, 4) is 0 Å². The molecule has 14 heteroatoms. The normalized spacial score (nSPS) is 18.2. The molecule has 4 amide bonds. The number of thiazole rings is 1. The lowest BCUT2D eigenvalue weighted by atomic mass is 9.89. The topological polar surface area (TPSA) is 159 Å². The van der Waals surface area contributed by atoms with Gasteiger partial charge in [-0.2, -0.15) is 0 Å². The Morgan fingerprint density at radius 3 is 2.15 bits per heavy atom.